The Bertz CT molecular complexity index is 1970. The second-order valence-electron chi connectivity index (χ2n) is 11.8. The molecule has 2 aromatic carbocycles. The van der Waals surface area contributed by atoms with Crippen LogP contribution in [0.2, 0.25) is 0 Å². The van der Waals surface area contributed by atoms with E-state index in [1.807, 2.05) is 60.7 Å². The summed E-state index contributed by atoms with van der Waals surface area (Å²) in [6, 6.07) is 18.3. The van der Waals surface area contributed by atoms with Crippen molar-refractivity contribution in [1.29, 1.82) is 0 Å². The summed E-state index contributed by atoms with van der Waals surface area (Å²) in [5.74, 6) is -2.88. The molecular formula is C31H36N7O8P. The maximum absolute atomic E-state index is 14.3. The molecule has 0 radical (unpaired) electrons. The Balaban J connectivity index is 1.23. The molecule has 0 aliphatic carbocycles. The van der Waals surface area contributed by atoms with Gasteiger partial charge in [-0.3, -0.25) is 18.5 Å². The summed E-state index contributed by atoms with van der Waals surface area (Å²) < 4.78 is 43.6. The minimum absolute atomic E-state index is 0.0310. The van der Waals surface area contributed by atoms with Crippen molar-refractivity contribution in [2.75, 3.05) is 0 Å². The number of benzene rings is 2. The summed E-state index contributed by atoms with van der Waals surface area (Å²) in [6.07, 6.45) is 1.04. The minimum Gasteiger partial charge on any atom is -0.378 e. The highest BCUT2D eigenvalue weighted by atomic mass is 31.2. The fourth-order valence-electron chi connectivity index (χ4n) is 5.49. The quantitative estimate of drug-likeness (QED) is 0.195. The van der Waals surface area contributed by atoms with Crippen molar-refractivity contribution >= 4 is 18.8 Å². The average molecular weight is 666 g/mol. The van der Waals surface area contributed by atoms with Crippen LogP contribution in [0.25, 0.3) is 11.2 Å². The van der Waals surface area contributed by atoms with Crippen molar-refractivity contribution in [3.05, 3.63) is 111 Å². The molecule has 1 fully saturated rings. The van der Waals surface area contributed by atoms with Gasteiger partial charge in [-0.1, -0.05) is 65.9 Å². The molecule has 3 atom stereocenters. The number of hydrogen-bond acceptors (Lipinski definition) is 11. The van der Waals surface area contributed by atoms with Crippen molar-refractivity contribution < 1.29 is 28.2 Å². The van der Waals surface area contributed by atoms with Crippen LogP contribution in [-0.4, -0.2) is 62.6 Å². The van der Waals surface area contributed by atoms with E-state index in [1.54, 1.807) is 38.7 Å². The zero-order valence-corrected chi connectivity index (χ0v) is 27.3. The van der Waals surface area contributed by atoms with E-state index in [4.69, 9.17) is 18.5 Å². The molecule has 248 valence electrons. The number of rotatable bonds is 12. The topological polar surface area (TPSA) is 167 Å². The summed E-state index contributed by atoms with van der Waals surface area (Å²) in [6.45, 7) is 3.11. The second-order valence-corrected chi connectivity index (χ2v) is 13.9. The lowest BCUT2D eigenvalue weighted by molar-refractivity contribution is -0.152. The van der Waals surface area contributed by atoms with Gasteiger partial charge >= 0.3 is 13.3 Å². The van der Waals surface area contributed by atoms with Gasteiger partial charge in [0.05, 0.1) is 38.8 Å². The van der Waals surface area contributed by atoms with Gasteiger partial charge in [0.25, 0.3) is 5.56 Å². The van der Waals surface area contributed by atoms with Crippen molar-refractivity contribution in [2.45, 2.75) is 64.0 Å². The number of fused-ring (bicyclic) bond motifs is 1. The predicted molar refractivity (Wildman–Crippen MR) is 169 cm³/mol. The number of aromatic nitrogens is 7. The van der Waals surface area contributed by atoms with Crippen molar-refractivity contribution in [3.8, 4) is 0 Å². The first-order valence-corrected chi connectivity index (χ1v) is 16.6. The average Bonchev–Trinajstić information content (AvgIpc) is 3.77. The number of imidazole rings is 1. The van der Waals surface area contributed by atoms with Gasteiger partial charge in [0.1, 0.15) is 17.9 Å². The van der Waals surface area contributed by atoms with Gasteiger partial charge in [-0.15, -0.1) is 5.10 Å². The van der Waals surface area contributed by atoms with Gasteiger partial charge in [0.15, 0.2) is 22.8 Å². The van der Waals surface area contributed by atoms with E-state index in [9.17, 15) is 19.3 Å². The fourth-order valence-corrected chi connectivity index (χ4v) is 7.14. The largest absolute Gasteiger partial charge is 0.378 e. The van der Waals surface area contributed by atoms with Crippen molar-refractivity contribution in [3.63, 3.8) is 0 Å². The third kappa shape index (κ3) is 6.91. The lowest BCUT2D eigenvalue weighted by Crippen LogP contribution is -2.40. The Morgan fingerprint density at radius 3 is 2.21 bits per heavy atom. The molecule has 0 spiro atoms. The van der Waals surface area contributed by atoms with Crippen LogP contribution in [-0.2, 0) is 63.5 Å². The van der Waals surface area contributed by atoms with Crippen LogP contribution < -0.4 is 11.2 Å². The molecule has 1 saturated heterocycles. The zero-order valence-electron chi connectivity index (χ0n) is 26.4. The van der Waals surface area contributed by atoms with Crippen LogP contribution in [0.1, 0.15) is 30.7 Å². The van der Waals surface area contributed by atoms with Gasteiger partial charge in [-0.25, -0.2) is 14.5 Å². The lowest BCUT2D eigenvalue weighted by atomic mass is 10.2. The summed E-state index contributed by atoms with van der Waals surface area (Å²) in [7, 11) is -1.02. The van der Waals surface area contributed by atoms with E-state index < -0.39 is 42.7 Å². The maximum Gasteiger partial charge on any atom is 0.362 e. The van der Waals surface area contributed by atoms with Crippen LogP contribution in [0.15, 0.2) is 82.8 Å². The van der Waals surface area contributed by atoms with Gasteiger partial charge in [-0.05, 0) is 25.0 Å². The molecule has 0 unspecified atom stereocenters. The first kappa shape index (κ1) is 32.7. The Morgan fingerprint density at radius 2 is 1.60 bits per heavy atom. The third-order valence-corrected chi connectivity index (χ3v) is 9.74. The monoisotopic (exact) mass is 665 g/mol. The molecule has 0 saturated carbocycles. The van der Waals surface area contributed by atoms with E-state index >= 15 is 0 Å². The number of nitrogens with zero attached hydrogens (tertiary/aromatic N) is 7. The van der Waals surface area contributed by atoms with Gasteiger partial charge < -0.3 is 28.2 Å². The number of hydrogen-bond donors (Lipinski definition) is 1. The van der Waals surface area contributed by atoms with Crippen LogP contribution in [0, 0.1) is 0 Å². The Labute approximate surface area is 269 Å². The maximum atomic E-state index is 14.3. The van der Waals surface area contributed by atoms with E-state index in [0.717, 1.165) is 15.7 Å². The molecule has 15 nitrogen and oxygen atoms in total. The number of aryl methyl sites for hydroxylation is 2. The minimum atomic E-state index is -4.24. The van der Waals surface area contributed by atoms with E-state index in [2.05, 4.69) is 15.3 Å². The first-order chi connectivity index (χ1) is 22.4. The molecule has 1 aliphatic rings. The second kappa shape index (κ2) is 13.1. The molecule has 0 amide bonds. The standard InChI is InChI=1S/C31H36N7O8P/c1-31(2)45-24(17-37-15-23(33-34-37)16-38-28(39)25-27(32-20-35(25)3)36(4)30(38)41)26(46-31)29(40)47(42,43-18-21-11-7-5-8-12-21)44-19-22-13-9-6-10-14-22/h5-15,20,24,26,29,40H,16-19H2,1-4H3/t24-,26-,29+/m1/s1. The highest BCUT2D eigenvalue weighted by molar-refractivity contribution is 7.54. The predicted octanol–water partition coefficient (Wildman–Crippen LogP) is 2.54. The van der Waals surface area contributed by atoms with E-state index in [-0.39, 0.29) is 37.5 Å². The summed E-state index contributed by atoms with van der Waals surface area (Å²) in [5, 5.41) is 20.0. The molecule has 4 heterocycles. The van der Waals surface area contributed by atoms with Crippen LogP contribution >= 0.6 is 7.60 Å². The lowest BCUT2D eigenvalue weighted by Gasteiger charge is -2.29. The third-order valence-electron chi connectivity index (χ3n) is 7.82. The van der Waals surface area contributed by atoms with Crippen LogP contribution in [0.4, 0.5) is 0 Å². The zero-order chi connectivity index (χ0) is 33.3. The Kier molecular flexibility index (Phi) is 9.12. The number of aliphatic hydroxyl groups excluding tert-OH is 1. The SMILES string of the molecule is Cn1cnc2c1c(=O)n(Cc1cn(C[C@H]3OC(C)(C)O[C@H]3[C@@H](O)P(=O)(OCc3ccccc3)OCc3ccccc3)nn1)c(=O)n2C. The van der Waals surface area contributed by atoms with Gasteiger partial charge in [-0.2, -0.15) is 0 Å². The number of aliphatic hydroxyl groups is 1. The smallest absolute Gasteiger partial charge is 0.362 e. The molecule has 6 rings (SSSR count). The highest BCUT2D eigenvalue weighted by Gasteiger charge is 2.52. The Morgan fingerprint density at radius 1 is 0.979 bits per heavy atom. The molecule has 1 N–H and O–H groups in total. The summed E-state index contributed by atoms with van der Waals surface area (Å²) in [4.78, 5) is 30.3. The normalized spacial score (nSPS) is 18.6. The summed E-state index contributed by atoms with van der Waals surface area (Å²) in [5.41, 5.74) is 1.34. The first-order valence-electron chi connectivity index (χ1n) is 14.9. The van der Waals surface area contributed by atoms with Gasteiger partial charge in [0, 0.05) is 14.1 Å². The molecular weight excluding hydrogens is 629 g/mol. The van der Waals surface area contributed by atoms with Crippen molar-refractivity contribution in [1.82, 2.24) is 33.7 Å². The molecule has 1 aliphatic heterocycles. The summed E-state index contributed by atoms with van der Waals surface area (Å²) >= 11 is 0. The van der Waals surface area contributed by atoms with Crippen LogP contribution in [0.3, 0.4) is 0 Å². The Hall–Kier alpha value is -4.24. The fraction of sp³-hybridized carbons (Fsp3) is 0.387. The molecule has 5 aromatic rings. The molecule has 3 aromatic heterocycles. The van der Waals surface area contributed by atoms with Crippen molar-refractivity contribution in [2.24, 2.45) is 14.1 Å². The molecule has 16 heteroatoms. The van der Waals surface area contributed by atoms with E-state index in [1.165, 1.54) is 15.6 Å². The molecule has 0 bridgehead atoms. The van der Waals surface area contributed by atoms with Crippen LogP contribution in [0.5, 0.6) is 0 Å². The highest BCUT2D eigenvalue weighted by Crippen LogP contribution is 2.56. The van der Waals surface area contributed by atoms with E-state index in [0.29, 0.717) is 5.69 Å². The molecule has 47 heavy (non-hydrogen) atoms. The number of ether oxygens (including phenoxy) is 2. The van der Waals surface area contributed by atoms with Gasteiger partial charge in [0.2, 0.25) is 0 Å².